The van der Waals surface area contributed by atoms with E-state index in [1.54, 1.807) is 0 Å². The van der Waals surface area contributed by atoms with Gasteiger partial charge in [-0.3, -0.25) is 0 Å². The van der Waals surface area contributed by atoms with Gasteiger partial charge in [0.1, 0.15) is 0 Å². The third kappa shape index (κ3) is 2.72. The van der Waals surface area contributed by atoms with E-state index in [4.69, 9.17) is 9.47 Å². The van der Waals surface area contributed by atoms with Crippen LogP contribution in [0.15, 0.2) is 18.2 Å². The first-order valence-electron chi connectivity index (χ1n) is 6.06. The van der Waals surface area contributed by atoms with Gasteiger partial charge in [0.25, 0.3) is 0 Å². The minimum Gasteiger partial charge on any atom is -0.454 e. The molecule has 1 aliphatic heterocycles. The monoisotopic (exact) mass is 235 g/mol. The molecule has 3 heteroatoms. The molecule has 0 saturated heterocycles. The Kier molecular flexibility index (Phi) is 3.29. The molecule has 1 heterocycles. The number of ether oxygens (including phenoxy) is 2. The summed E-state index contributed by atoms with van der Waals surface area (Å²) in [6, 6.07) is 6.64. The zero-order chi connectivity index (χ0) is 12.5. The molecule has 1 aliphatic rings. The summed E-state index contributed by atoms with van der Waals surface area (Å²) in [5.41, 5.74) is 1.52. The molecule has 1 atom stereocenters. The molecule has 2 rings (SSSR count). The van der Waals surface area contributed by atoms with Crippen molar-refractivity contribution < 1.29 is 9.47 Å². The van der Waals surface area contributed by atoms with Crippen LogP contribution in [0.5, 0.6) is 11.5 Å². The summed E-state index contributed by atoms with van der Waals surface area (Å²) in [7, 11) is 2.02. The van der Waals surface area contributed by atoms with Crippen molar-refractivity contribution in [2.75, 3.05) is 13.8 Å². The van der Waals surface area contributed by atoms with E-state index in [1.807, 2.05) is 13.1 Å². The van der Waals surface area contributed by atoms with Crippen molar-refractivity contribution in [1.29, 1.82) is 0 Å². The molecule has 0 bridgehead atoms. The Morgan fingerprint density at radius 1 is 1.24 bits per heavy atom. The molecule has 3 nitrogen and oxygen atoms in total. The number of likely N-dealkylation sites (N-methyl/N-ethyl adjacent to an activating group) is 1. The van der Waals surface area contributed by atoms with Crippen LogP contribution < -0.4 is 14.8 Å². The van der Waals surface area contributed by atoms with Crippen molar-refractivity contribution in [1.82, 2.24) is 5.32 Å². The lowest BCUT2D eigenvalue weighted by Crippen LogP contribution is -2.39. The van der Waals surface area contributed by atoms with Crippen molar-refractivity contribution in [3.8, 4) is 11.5 Å². The highest BCUT2D eigenvalue weighted by molar-refractivity contribution is 5.44. The Hall–Kier alpha value is -1.22. The van der Waals surface area contributed by atoms with Crippen molar-refractivity contribution in [3.63, 3.8) is 0 Å². The van der Waals surface area contributed by atoms with Gasteiger partial charge in [0, 0.05) is 6.04 Å². The standard InChI is InChI=1S/C14H21NO2/c1-14(2,3)13(15-4)8-10-5-6-11-12(7-10)17-9-16-11/h5-7,13,15H,8-9H2,1-4H3. The highest BCUT2D eigenvalue weighted by Crippen LogP contribution is 2.33. The highest BCUT2D eigenvalue weighted by Gasteiger charge is 2.24. The molecular weight excluding hydrogens is 214 g/mol. The molecule has 0 radical (unpaired) electrons. The highest BCUT2D eigenvalue weighted by atomic mass is 16.7. The summed E-state index contributed by atoms with van der Waals surface area (Å²) in [5.74, 6) is 1.72. The maximum atomic E-state index is 5.40. The zero-order valence-corrected chi connectivity index (χ0v) is 11.0. The van der Waals surface area contributed by atoms with Gasteiger partial charge in [-0.05, 0) is 36.6 Å². The number of hydrogen-bond donors (Lipinski definition) is 1. The van der Waals surface area contributed by atoms with Crippen LogP contribution >= 0.6 is 0 Å². The van der Waals surface area contributed by atoms with Crippen LogP contribution in [0.25, 0.3) is 0 Å². The summed E-state index contributed by atoms with van der Waals surface area (Å²) < 4.78 is 10.7. The Balaban J connectivity index is 2.13. The summed E-state index contributed by atoms with van der Waals surface area (Å²) in [5, 5.41) is 3.39. The van der Waals surface area contributed by atoms with Gasteiger partial charge in [-0.2, -0.15) is 0 Å². The fourth-order valence-electron chi connectivity index (χ4n) is 2.14. The second-order valence-electron chi connectivity index (χ2n) is 5.60. The van der Waals surface area contributed by atoms with Crippen molar-refractivity contribution in [2.24, 2.45) is 5.41 Å². The normalized spacial score (nSPS) is 16.0. The van der Waals surface area contributed by atoms with Crippen molar-refractivity contribution in [2.45, 2.75) is 33.2 Å². The van der Waals surface area contributed by atoms with Gasteiger partial charge in [-0.15, -0.1) is 0 Å². The van der Waals surface area contributed by atoms with E-state index in [0.29, 0.717) is 12.8 Å². The van der Waals surface area contributed by atoms with Crippen LogP contribution in [0.1, 0.15) is 26.3 Å². The third-order valence-electron chi connectivity index (χ3n) is 3.27. The molecule has 17 heavy (non-hydrogen) atoms. The second-order valence-corrected chi connectivity index (χ2v) is 5.60. The lowest BCUT2D eigenvalue weighted by molar-refractivity contribution is 0.174. The van der Waals surface area contributed by atoms with Gasteiger partial charge in [0.05, 0.1) is 0 Å². The van der Waals surface area contributed by atoms with Crippen molar-refractivity contribution >= 4 is 0 Å². The fourth-order valence-corrected chi connectivity index (χ4v) is 2.14. The first-order valence-corrected chi connectivity index (χ1v) is 6.06. The molecule has 1 N–H and O–H groups in total. The molecule has 1 aromatic rings. The number of fused-ring (bicyclic) bond motifs is 1. The minimum atomic E-state index is 0.241. The Bertz CT molecular complexity index is 396. The molecule has 1 unspecified atom stereocenters. The maximum absolute atomic E-state index is 5.40. The number of rotatable bonds is 3. The average Bonchev–Trinajstić information content (AvgIpc) is 2.71. The van der Waals surface area contributed by atoms with E-state index in [1.165, 1.54) is 5.56 Å². The topological polar surface area (TPSA) is 30.5 Å². The van der Waals surface area contributed by atoms with Crippen molar-refractivity contribution in [3.05, 3.63) is 23.8 Å². The lowest BCUT2D eigenvalue weighted by atomic mass is 9.83. The van der Waals surface area contributed by atoms with Crippen LogP contribution in [0.3, 0.4) is 0 Å². The zero-order valence-electron chi connectivity index (χ0n) is 11.0. The van der Waals surface area contributed by atoms with E-state index >= 15 is 0 Å². The molecule has 0 amide bonds. The molecular formula is C14H21NO2. The summed E-state index contributed by atoms with van der Waals surface area (Å²) in [6.07, 6.45) is 0.997. The van der Waals surface area contributed by atoms with Crippen LogP contribution in [-0.2, 0) is 6.42 Å². The molecule has 0 spiro atoms. The van der Waals surface area contributed by atoms with E-state index in [0.717, 1.165) is 17.9 Å². The predicted octanol–water partition coefficient (Wildman–Crippen LogP) is 2.59. The Morgan fingerprint density at radius 3 is 2.59 bits per heavy atom. The quantitative estimate of drug-likeness (QED) is 0.873. The van der Waals surface area contributed by atoms with Crippen LogP contribution in [0.4, 0.5) is 0 Å². The van der Waals surface area contributed by atoms with E-state index < -0.39 is 0 Å². The molecule has 0 fully saturated rings. The van der Waals surface area contributed by atoms with E-state index in [9.17, 15) is 0 Å². The largest absolute Gasteiger partial charge is 0.454 e. The van der Waals surface area contributed by atoms with Gasteiger partial charge < -0.3 is 14.8 Å². The fraction of sp³-hybridized carbons (Fsp3) is 0.571. The van der Waals surface area contributed by atoms with Gasteiger partial charge >= 0.3 is 0 Å². The number of benzene rings is 1. The predicted molar refractivity (Wildman–Crippen MR) is 68.6 cm³/mol. The minimum absolute atomic E-state index is 0.241. The molecule has 0 saturated carbocycles. The Morgan fingerprint density at radius 2 is 1.94 bits per heavy atom. The molecule has 1 aromatic carbocycles. The van der Waals surface area contributed by atoms with Crippen LogP contribution in [-0.4, -0.2) is 19.9 Å². The molecule has 94 valence electrons. The van der Waals surface area contributed by atoms with Gasteiger partial charge in [-0.25, -0.2) is 0 Å². The maximum Gasteiger partial charge on any atom is 0.231 e. The number of nitrogens with one attached hydrogen (secondary N) is 1. The van der Waals surface area contributed by atoms with E-state index in [2.05, 4.69) is 38.2 Å². The lowest BCUT2D eigenvalue weighted by Gasteiger charge is -2.30. The van der Waals surface area contributed by atoms with E-state index in [-0.39, 0.29) is 5.41 Å². The SMILES string of the molecule is CNC(Cc1ccc2c(c1)OCO2)C(C)(C)C. The van der Waals surface area contributed by atoms with Crippen LogP contribution in [0, 0.1) is 5.41 Å². The Labute approximate surface area is 103 Å². The summed E-state index contributed by atoms with van der Waals surface area (Å²) in [6.45, 7) is 7.09. The van der Waals surface area contributed by atoms with Gasteiger partial charge in [0.15, 0.2) is 11.5 Å². The second kappa shape index (κ2) is 4.57. The average molecular weight is 235 g/mol. The molecule has 0 aromatic heterocycles. The van der Waals surface area contributed by atoms with Gasteiger partial charge in [0.2, 0.25) is 6.79 Å². The molecule has 0 aliphatic carbocycles. The summed E-state index contributed by atoms with van der Waals surface area (Å²) in [4.78, 5) is 0. The van der Waals surface area contributed by atoms with Gasteiger partial charge in [-0.1, -0.05) is 26.8 Å². The van der Waals surface area contributed by atoms with Crippen LogP contribution in [0.2, 0.25) is 0 Å². The number of hydrogen-bond acceptors (Lipinski definition) is 3. The smallest absolute Gasteiger partial charge is 0.231 e. The first-order chi connectivity index (χ1) is 8.00. The summed E-state index contributed by atoms with van der Waals surface area (Å²) >= 11 is 0. The third-order valence-corrected chi connectivity index (χ3v) is 3.27. The first kappa shape index (κ1) is 12.2.